The highest BCUT2D eigenvalue weighted by molar-refractivity contribution is 5.96. The van der Waals surface area contributed by atoms with Gasteiger partial charge in [-0.15, -0.1) is 0 Å². The van der Waals surface area contributed by atoms with Gasteiger partial charge < -0.3 is 9.84 Å². The van der Waals surface area contributed by atoms with Crippen molar-refractivity contribution in [2.75, 3.05) is 6.61 Å². The molecule has 1 N–H and O–H groups in total. The zero-order valence-electron chi connectivity index (χ0n) is 14.1. The van der Waals surface area contributed by atoms with E-state index in [1.165, 1.54) is 31.2 Å². The molecule has 0 saturated heterocycles. The normalized spacial score (nSPS) is 24.2. The molecule has 0 aliphatic heterocycles. The SMILES string of the molecule is O=C(O)CC(=O)C1CCC(COc2ccccc2C2CCCC2)C1. The first-order chi connectivity index (χ1) is 11.6. The maximum absolute atomic E-state index is 11.9. The molecule has 0 aromatic heterocycles. The summed E-state index contributed by atoms with van der Waals surface area (Å²) in [5.41, 5.74) is 1.33. The number of hydrogen-bond acceptors (Lipinski definition) is 3. The number of ether oxygens (including phenoxy) is 1. The third kappa shape index (κ3) is 4.16. The number of carboxylic acid groups (broad SMARTS) is 1. The Morgan fingerprint density at radius 1 is 1.08 bits per heavy atom. The van der Waals surface area contributed by atoms with Crippen LogP contribution in [0.5, 0.6) is 5.75 Å². The molecule has 24 heavy (non-hydrogen) atoms. The highest BCUT2D eigenvalue weighted by Gasteiger charge is 2.31. The number of aliphatic carboxylic acids is 1. The Bertz CT molecular complexity index is 589. The van der Waals surface area contributed by atoms with Gasteiger partial charge in [-0.1, -0.05) is 31.0 Å². The fourth-order valence-corrected chi connectivity index (χ4v) is 4.21. The van der Waals surface area contributed by atoms with E-state index in [1.54, 1.807) is 0 Å². The van der Waals surface area contributed by atoms with Crippen LogP contribution in [0.2, 0.25) is 0 Å². The topological polar surface area (TPSA) is 63.6 Å². The largest absolute Gasteiger partial charge is 0.493 e. The van der Waals surface area contributed by atoms with Gasteiger partial charge in [0.05, 0.1) is 6.61 Å². The van der Waals surface area contributed by atoms with Gasteiger partial charge in [0.2, 0.25) is 0 Å². The number of para-hydroxylation sites is 1. The first-order valence-electron chi connectivity index (χ1n) is 9.09. The van der Waals surface area contributed by atoms with Crippen LogP contribution in [-0.4, -0.2) is 23.5 Å². The summed E-state index contributed by atoms with van der Waals surface area (Å²) in [5, 5.41) is 8.75. The number of Topliss-reactive ketones (excluding diaryl/α,β-unsaturated/α-hetero) is 1. The highest BCUT2D eigenvalue weighted by atomic mass is 16.5. The maximum atomic E-state index is 11.9. The first kappa shape index (κ1) is 17.0. The van der Waals surface area contributed by atoms with Crippen LogP contribution in [0.25, 0.3) is 0 Å². The van der Waals surface area contributed by atoms with Gasteiger partial charge in [0.15, 0.2) is 0 Å². The molecule has 2 fully saturated rings. The lowest BCUT2D eigenvalue weighted by molar-refractivity contribution is -0.141. The molecule has 3 rings (SSSR count). The summed E-state index contributed by atoms with van der Waals surface area (Å²) < 4.78 is 6.12. The van der Waals surface area contributed by atoms with Crippen molar-refractivity contribution >= 4 is 11.8 Å². The molecule has 2 aliphatic rings. The van der Waals surface area contributed by atoms with E-state index in [-0.39, 0.29) is 18.1 Å². The third-order valence-corrected chi connectivity index (χ3v) is 5.51. The van der Waals surface area contributed by atoms with E-state index in [2.05, 4.69) is 18.2 Å². The monoisotopic (exact) mass is 330 g/mol. The van der Waals surface area contributed by atoms with Gasteiger partial charge in [-0.2, -0.15) is 0 Å². The zero-order valence-corrected chi connectivity index (χ0v) is 14.1. The Kier molecular flexibility index (Phi) is 5.54. The molecule has 0 spiro atoms. The van der Waals surface area contributed by atoms with Gasteiger partial charge >= 0.3 is 5.97 Å². The van der Waals surface area contributed by atoms with E-state index >= 15 is 0 Å². The minimum absolute atomic E-state index is 0.0974. The van der Waals surface area contributed by atoms with Gasteiger partial charge in [0.25, 0.3) is 0 Å². The first-order valence-corrected chi connectivity index (χ1v) is 9.09. The van der Waals surface area contributed by atoms with Crippen LogP contribution in [0.4, 0.5) is 0 Å². The number of ketones is 1. The van der Waals surface area contributed by atoms with Crippen LogP contribution in [0.3, 0.4) is 0 Å². The number of carbonyl (C=O) groups is 2. The van der Waals surface area contributed by atoms with Gasteiger partial charge in [-0.25, -0.2) is 0 Å². The van der Waals surface area contributed by atoms with Gasteiger partial charge in [0.1, 0.15) is 18.0 Å². The average molecular weight is 330 g/mol. The van der Waals surface area contributed by atoms with E-state index in [9.17, 15) is 9.59 Å². The van der Waals surface area contributed by atoms with Crippen LogP contribution in [0.1, 0.15) is 62.8 Å². The minimum atomic E-state index is -1.02. The summed E-state index contributed by atoms with van der Waals surface area (Å²) in [6.07, 6.45) is 7.25. The minimum Gasteiger partial charge on any atom is -0.493 e. The van der Waals surface area contributed by atoms with Gasteiger partial charge in [0, 0.05) is 5.92 Å². The van der Waals surface area contributed by atoms with E-state index in [4.69, 9.17) is 9.84 Å². The molecule has 4 heteroatoms. The lowest BCUT2D eigenvalue weighted by Crippen LogP contribution is -2.17. The average Bonchev–Trinajstić information content (AvgIpc) is 3.24. The molecule has 2 unspecified atom stereocenters. The van der Waals surface area contributed by atoms with Crippen molar-refractivity contribution in [2.45, 2.75) is 57.3 Å². The molecule has 1 aromatic carbocycles. The molecule has 0 amide bonds. The summed E-state index contributed by atoms with van der Waals surface area (Å²) >= 11 is 0. The van der Waals surface area contributed by atoms with Crippen molar-refractivity contribution in [1.29, 1.82) is 0 Å². The molecule has 0 heterocycles. The van der Waals surface area contributed by atoms with E-state index < -0.39 is 5.97 Å². The molecule has 4 nitrogen and oxygen atoms in total. The Morgan fingerprint density at radius 2 is 1.83 bits per heavy atom. The fraction of sp³-hybridized carbons (Fsp3) is 0.600. The van der Waals surface area contributed by atoms with E-state index in [0.717, 1.165) is 25.0 Å². The second-order valence-electron chi connectivity index (χ2n) is 7.24. The van der Waals surface area contributed by atoms with Crippen molar-refractivity contribution in [2.24, 2.45) is 11.8 Å². The lowest BCUT2D eigenvalue weighted by atomic mass is 9.96. The number of benzene rings is 1. The number of carbonyl (C=O) groups excluding carboxylic acids is 1. The maximum Gasteiger partial charge on any atom is 0.310 e. The number of carboxylic acids is 1. The number of rotatable bonds is 7. The van der Waals surface area contributed by atoms with Crippen LogP contribution in [-0.2, 0) is 9.59 Å². The summed E-state index contributed by atoms with van der Waals surface area (Å²) in [5.74, 6) is 0.713. The summed E-state index contributed by atoms with van der Waals surface area (Å²) in [6.45, 7) is 0.626. The van der Waals surface area contributed by atoms with Crippen molar-refractivity contribution in [3.05, 3.63) is 29.8 Å². The Balaban J connectivity index is 1.53. The van der Waals surface area contributed by atoms with Crippen LogP contribution >= 0.6 is 0 Å². The van der Waals surface area contributed by atoms with E-state index in [1.807, 2.05) is 6.07 Å². The molecule has 1 aromatic rings. The van der Waals surface area contributed by atoms with E-state index in [0.29, 0.717) is 18.4 Å². The molecule has 0 radical (unpaired) electrons. The van der Waals surface area contributed by atoms with Crippen molar-refractivity contribution in [1.82, 2.24) is 0 Å². The standard InChI is InChI=1S/C20H26O4/c21-18(12-20(22)23)16-10-9-14(11-16)13-24-19-8-4-3-7-17(19)15-5-1-2-6-15/h3-4,7-8,14-16H,1-2,5-6,9-13H2,(H,22,23). The zero-order chi connectivity index (χ0) is 16.9. The number of hydrogen-bond donors (Lipinski definition) is 1. The van der Waals surface area contributed by atoms with Crippen LogP contribution in [0.15, 0.2) is 24.3 Å². The van der Waals surface area contributed by atoms with Gasteiger partial charge in [-0.3, -0.25) is 9.59 Å². The molecule has 2 atom stereocenters. The van der Waals surface area contributed by atoms with Crippen LogP contribution < -0.4 is 4.74 Å². The van der Waals surface area contributed by atoms with Crippen molar-refractivity contribution < 1.29 is 19.4 Å². The summed E-state index contributed by atoms with van der Waals surface area (Å²) in [6, 6.07) is 8.33. The molecule has 2 saturated carbocycles. The summed E-state index contributed by atoms with van der Waals surface area (Å²) in [4.78, 5) is 22.6. The molecular formula is C20H26O4. The molecule has 2 aliphatic carbocycles. The van der Waals surface area contributed by atoms with Crippen LogP contribution in [0, 0.1) is 11.8 Å². The predicted molar refractivity (Wildman–Crippen MR) is 91.2 cm³/mol. The second-order valence-corrected chi connectivity index (χ2v) is 7.24. The molecule has 0 bridgehead atoms. The smallest absolute Gasteiger partial charge is 0.310 e. The quantitative estimate of drug-likeness (QED) is 0.762. The Labute approximate surface area is 143 Å². The second kappa shape index (κ2) is 7.82. The van der Waals surface area contributed by atoms with Crippen molar-refractivity contribution in [3.8, 4) is 5.75 Å². The lowest BCUT2D eigenvalue weighted by Gasteiger charge is -2.18. The highest BCUT2D eigenvalue weighted by Crippen LogP contribution is 2.39. The third-order valence-electron chi connectivity index (χ3n) is 5.51. The van der Waals surface area contributed by atoms with Gasteiger partial charge in [-0.05, 0) is 55.6 Å². The predicted octanol–water partition coefficient (Wildman–Crippen LogP) is 4.18. The summed E-state index contributed by atoms with van der Waals surface area (Å²) in [7, 11) is 0. The molecular weight excluding hydrogens is 304 g/mol. The molecule has 130 valence electrons. The van der Waals surface area contributed by atoms with Crippen molar-refractivity contribution in [3.63, 3.8) is 0 Å². The fourth-order valence-electron chi connectivity index (χ4n) is 4.21. The Morgan fingerprint density at radius 3 is 2.58 bits per heavy atom. The Hall–Kier alpha value is -1.84.